The van der Waals surface area contributed by atoms with Crippen molar-refractivity contribution in [2.45, 2.75) is 27.2 Å². The molecule has 2 heteroatoms. The molecule has 0 saturated carbocycles. The van der Waals surface area contributed by atoms with Crippen molar-refractivity contribution in [3.63, 3.8) is 0 Å². The lowest BCUT2D eigenvalue weighted by Crippen LogP contribution is -1.95. The van der Waals surface area contributed by atoms with E-state index in [9.17, 15) is 0 Å². The van der Waals surface area contributed by atoms with Gasteiger partial charge in [-0.3, -0.25) is 0 Å². The minimum absolute atomic E-state index is 0.973. The predicted octanol–water partition coefficient (Wildman–Crippen LogP) is 4.50. The standard InChI is InChI=1S/C14H19BrO/c1-10-8-12(3)14(13(9-10)16-4)11(2)6-5-7-15/h6,8-9H,5,7H2,1-4H3/b11-6+. The van der Waals surface area contributed by atoms with Crippen LogP contribution in [0, 0.1) is 13.8 Å². The summed E-state index contributed by atoms with van der Waals surface area (Å²) in [5.41, 5.74) is 5.04. The van der Waals surface area contributed by atoms with Crippen LogP contribution < -0.4 is 4.74 Å². The molecule has 0 fully saturated rings. The number of rotatable bonds is 4. The SMILES string of the molecule is COc1cc(C)cc(C)c1/C(C)=C/CCBr. The van der Waals surface area contributed by atoms with Gasteiger partial charge in [-0.15, -0.1) is 0 Å². The van der Waals surface area contributed by atoms with Gasteiger partial charge in [-0.05, 0) is 50.0 Å². The van der Waals surface area contributed by atoms with Gasteiger partial charge in [0.25, 0.3) is 0 Å². The molecule has 0 atom stereocenters. The number of hydrogen-bond donors (Lipinski definition) is 0. The lowest BCUT2D eigenvalue weighted by molar-refractivity contribution is 0.413. The Morgan fingerprint density at radius 1 is 1.38 bits per heavy atom. The van der Waals surface area contributed by atoms with Gasteiger partial charge >= 0.3 is 0 Å². The molecule has 0 amide bonds. The molecule has 16 heavy (non-hydrogen) atoms. The van der Waals surface area contributed by atoms with Crippen LogP contribution in [-0.4, -0.2) is 12.4 Å². The van der Waals surface area contributed by atoms with E-state index in [0.29, 0.717) is 0 Å². The van der Waals surface area contributed by atoms with Crippen molar-refractivity contribution in [2.24, 2.45) is 0 Å². The zero-order chi connectivity index (χ0) is 12.1. The molecule has 0 spiro atoms. The summed E-state index contributed by atoms with van der Waals surface area (Å²) in [6.07, 6.45) is 3.29. The zero-order valence-corrected chi connectivity index (χ0v) is 12.0. The molecule has 0 radical (unpaired) electrons. The van der Waals surface area contributed by atoms with Crippen LogP contribution in [0.2, 0.25) is 0 Å². The van der Waals surface area contributed by atoms with Gasteiger partial charge in [0.1, 0.15) is 5.75 Å². The lowest BCUT2D eigenvalue weighted by Gasteiger charge is -2.13. The van der Waals surface area contributed by atoms with Crippen LogP contribution in [0.3, 0.4) is 0 Å². The molecule has 1 nitrogen and oxygen atoms in total. The Hall–Kier alpha value is -0.760. The Balaban J connectivity index is 3.21. The van der Waals surface area contributed by atoms with E-state index in [0.717, 1.165) is 17.5 Å². The molecule has 0 aliphatic heterocycles. The molecule has 0 bridgehead atoms. The Morgan fingerprint density at radius 2 is 2.06 bits per heavy atom. The minimum Gasteiger partial charge on any atom is -0.496 e. The normalized spacial score (nSPS) is 11.7. The van der Waals surface area contributed by atoms with Crippen molar-refractivity contribution in [1.29, 1.82) is 0 Å². The summed E-state index contributed by atoms with van der Waals surface area (Å²) in [4.78, 5) is 0. The molecule has 0 aliphatic rings. The minimum atomic E-state index is 0.973. The number of alkyl halides is 1. The number of allylic oxidation sites excluding steroid dienone is 2. The second kappa shape index (κ2) is 6.09. The van der Waals surface area contributed by atoms with Crippen molar-refractivity contribution >= 4 is 21.5 Å². The van der Waals surface area contributed by atoms with Crippen LogP contribution >= 0.6 is 15.9 Å². The molecular formula is C14H19BrO. The fourth-order valence-electron chi connectivity index (χ4n) is 1.97. The van der Waals surface area contributed by atoms with Gasteiger partial charge in [-0.1, -0.05) is 28.1 Å². The molecule has 0 N–H and O–H groups in total. The molecule has 1 aromatic rings. The Kier molecular flexibility index (Phi) is 5.07. The molecule has 88 valence electrons. The fourth-order valence-corrected chi connectivity index (χ4v) is 2.20. The van der Waals surface area contributed by atoms with E-state index in [1.165, 1.54) is 22.3 Å². The van der Waals surface area contributed by atoms with E-state index >= 15 is 0 Å². The molecule has 0 heterocycles. The average molecular weight is 283 g/mol. The summed E-state index contributed by atoms with van der Waals surface area (Å²) in [6, 6.07) is 4.29. The van der Waals surface area contributed by atoms with Crippen molar-refractivity contribution in [1.82, 2.24) is 0 Å². The maximum Gasteiger partial charge on any atom is 0.126 e. The van der Waals surface area contributed by atoms with Gasteiger partial charge in [-0.25, -0.2) is 0 Å². The van der Waals surface area contributed by atoms with E-state index < -0.39 is 0 Å². The fraction of sp³-hybridized carbons (Fsp3) is 0.429. The van der Waals surface area contributed by atoms with Gasteiger partial charge in [0, 0.05) is 10.9 Å². The molecule has 0 aromatic heterocycles. The van der Waals surface area contributed by atoms with Crippen molar-refractivity contribution in [3.05, 3.63) is 34.9 Å². The number of halogens is 1. The number of benzene rings is 1. The summed E-state index contributed by atoms with van der Waals surface area (Å²) in [5, 5.41) is 0.998. The first-order chi connectivity index (χ1) is 7.60. The monoisotopic (exact) mass is 282 g/mol. The summed E-state index contributed by atoms with van der Waals surface area (Å²) >= 11 is 3.44. The van der Waals surface area contributed by atoms with Crippen LogP contribution in [0.25, 0.3) is 5.57 Å². The molecule has 1 aromatic carbocycles. The molecule has 0 saturated heterocycles. The van der Waals surface area contributed by atoms with E-state index in [1.54, 1.807) is 7.11 Å². The van der Waals surface area contributed by atoms with E-state index in [1.807, 2.05) is 0 Å². The predicted molar refractivity (Wildman–Crippen MR) is 74.5 cm³/mol. The second-order valence-electron chi connectivity index (χ2n) is 4.02. The third kappa shape index (κ3) is 3.11. The number of hydrogen-bond acceptors (Lipinski definition) is 1. The summed E-state index contributed by atoms with van der Waals surface area (Å²) < 4.78 is 5.46. The highest BCUT2D eigenvalue weighted by Crippen LogP contribution is 2.30. The van der Waals surface area contributed by atoms with Gasteiger partial charge in [0.2, 0.25) is 0 Å². The largest absolute Gasteiger partial charge is 0.496 e. The Morgan fingerprint density at radius 3 is 2.62 bits per heavy atom. The molecule has 1 rings (SSSR count). The number of ether oxygens (including phenoxy) is 1. The highest BCUT2D eigenvalue weighted by Gasteiger charge is 2.08. The first-order valence-corrected chi connectivity index (χ1v) is 6.60. The zero-order valence-electron chi connectivity index (χ0n) is 10.4. The third-order valence-corrected chi connectivity index (χ3v) is 3.08. The van der Waals surface area contributed by atoms with E-state index in [-0.39, 0.29) is 0 Å². The molecule has 0 unspecified atom stereocenters. The molecule has 0 aliphatic carbocycles. The quantitative estimate of drug-likeness (QED) is 0.739. The highest BCUT2D eigenvalue weighted by molar-refractivity contribution is 9.09. The Labute approximate surface area is 107 Å². The van der Waals surface area contributed by atoms with Crippen molar-refractivity contribution < 1.29 is 4.74 Å². The average Bonchev–Trinajstić information content (AvgIpc) is 2.24. The highest BCUT2D eigenvalue weighted by atomic mass is 79.9. The summed E-state index contributed by atoms with van der Waals surface area (Å²) in [7, 11) is 1.73. The van der Waals surface area contributed by atoms with E-state index in [4.69, 9.17) is 4.74 Å². The van der Waals surface area contributed by atoms with Gasteiger partial charge in [0.15, 0.2) is 0 Å². The van der Waals surface area contributed by atoms with Crippen LogP contribution in [0.1, 0.15) is 30.0 Å². The first kappa shape index (κ1) is 13.3. The van der Waals surface area contributed by atoms with Gasteiger partial charge < -0.3 is 4.74 Å². The van der Waals surface area contributed by atoms with Crippen molar-refractivity contribution in [3.8, 4) is 5.75 Å². The van der Waals surface area contributed by atoms with Crippen LogP contribution in [-0.2, 0) is 0 Å². The number of aryl methyl sites for hydroxylation is 2. The number of methoxy groups -OCH3 is 1. The second-order valence-corrected chi connectivity index (χ2v) is 4.82. The summed E-state index contributed by atoms with van der Waals surface area (Å²) in [6.45, 7) is 6.37. The Bertz CT molecular complexity index is 394. The smallest absolute Gasteiger partial charge is 0.126 e. The van der Waals surface area contributed by atoms with Gasteiger partial charge in [0.05, 0.1) is 7.11 Å². The van der Waals surface area contributed by atoms with Crippen LogP contribution in [0.5, 0.6) is 5.75 Å². The maximum absolute atomic E-state index is 5.46. The van der Waals surface area contributed by atoms with Gasteiger partial charge in [-0.2, -0.15) is 0 Å². The third-order valence-electron chi connectivity index (χ3n) is 2.62. The van der Waals surface area contributed by atoms with Crippen molar-refractivity contribution in [2.75, 3.05) is 12.4 Å². The first-order valence-electron chi connectivity index (χ1n) is 5.48. The maximum atomic E-state index is 5.46. The topological polar surface area (TPSA) is 9.23 Å². The lowest BCUT2D eigenvalue weighted by atomic mass is 9.98. The van der Waals surface area contributed by atoms with Crippen LogP contribution in [0.15, 0.2) is 18.2 Å². The van der Waals surface area contributed by atoms with E-state index in [2.05, 4.69) is 54.9 Å². The van der Waals surface area contributed by atoms with Crippen LogP contribution in [0.4, 0.5) is 0 Å². The molecular weight excluding hydrogens is 264 g/mol. The summed E-state index contributed by atoms with van der Waals surface area (Å²) in [5.74, 6) is 0.973.